The summed E-state index contributed by atoms with van der Waals surface area (Å²) in [4.78, 5) is 15.8. The molecule has 1 aromatic carbocycles. The molecular formula is C14H18N4O2. The first kappa shape index (κ1) is 14.0. The Kier molecular flexibility index (Phi) is 5.11. The molecule has 0 aliphatic heterocycles. The predicted molar refractivity (Wildman–Crippen MR) is 74.4 cm³/mol. The molecule has 1 aromatic heterocycles. The average molecular weight is 274 g/mol. The molecule has 1 amide bonds. The maximum atomic E-state index is 11.8. The summed E-state index contributed by atoms with van der Waals surface area (Å²) in [6, 6.07) is 7.50. The molecule has 6 heteroatoms. The standard InChI is InChI=1S/C14H18N4O2/c1-20-12-6-4-11(5-7-12)9-14(19)15-8-2-3-13-16-10-17-18-13/h4-7,10H,2-3,8-9H2,1H3,(H,15,19)(H,16,17,18). The van der Waals surface area contributed by atoms with E-state index < -0.39 is 0 Å². The van der Waals surface area contributed by atoms with Crippen molar-refractivity contribution in [3.05, 3.63) is 42.0 Å². The van der Waals surface area contributed by atoms with Gasteiger partial charge in [0.15, 0.2) is 0 Å². The second-order valence-electron chi connectivity index (χ2n) is 4.41. The van der Waals surface area contributed by atoms with Crippen LogP contribution in [0.15, 0.2) is 30.6 Å². The highest BCUT2D eigenvalue weighted by molar-refractivity contribution is 5.78. The number of benzene rings is 1. The Hall–Kier alpha value is -2.37. The maximum absolute atomic E-state index is 11.8. The Morgan fingerprint density at radius 1 is 1.35 bits per heavy atom. The number of hydrogen-bond acceptors (Lipinski definition) is 4. The zero-order valence-corrected chi connectivity index (χ0v) is 11.4. The Bertz CT molecular complexity index is 523. The number of aryl methyl sites for hydroxylation is 1. The van der Waals surface area contributed by atoms with Crippen LogP contribution in [0.5, 0.6) is 5.75 Å². The zero-order chi connectivity index (χ0) is 14.2. The van der Waals surface area contributed by atoms with Crippen LogP contribution in [-0.4, -0.2) is 34.7 Å². The molecule has 6 nitrogen and oxygen atoms in total. The fourth-order valence-electron chi connectivity index (χ4n) is 1.83. The first-order chi connectivity index (χ1) is 9.78. The van der Waals surface area contributed by atoms with E-state index in [4.69, 9.17) is 4.74 Å². The van der Waals surface area contributed by atoms with Crippen molar-refractivity contribution in [2.75, 3.05) is 13.7 Å². The van der Waals surface area contributed by atoms with Crippen LogP contribution in [-0.2, 0) is 17.6 Å². The molecular weight excluding hydrogens is 256 g/mol. The number of ether oxygens (including phenoxy) is 1. The molecule has 0 saturated carbocycles. The van der Waals surface area contributed by atoms with Crippen LogP contribution in [0.2, 0.25) is 0 Å². The highest BCUT2D eigenvalue weighted by Gasteiger charge is 2.03. The number of rotatable bonds is 7. The number of H-pyrrole nitrogens is 1. The number of aromatic nitrogens is 3. The summed E-state index contributed by atoms with van der Waals surface area (Å²) in [6.45, 7) is 0.635. The molecule has 0 spiro atoms. The Balaban J connectivity index is 1.66. The van der Waals surface area contributed by atoms with Crippen molar-refractivity contribution in [1.29, 1.82) is 0 Å². The summed E-state index contributed by atoms with van der Waals surface area (Å²) in [7, 11) is 1.62. The van der Waals surface area contributed by atoms with Gasteiger partial charge < -0.3 is 10.1 Å². The van der Waals surface area contributed by atoms with E-state index in [1.54, 1.807) is 7.11 Å². The van der Waals surface area contributed by atoms with Gasteiger partial charge in [0.25, 0.3) is 0 Å². The van der Waals surface area contributed by atoms with Gasteiger partial charge in [-0.25, -0.2) is 4.98 Å². The van der Waals surface area contributed by atoms with Gasteiger partial charge in [-0.3, -0.25) is 9.89 Å². The highest BCUT2D eigenvalue weighted by atomic mass is 16.5. The highest BCUT2D eigenvalue weighted by Crippen LogP contribution is 2.11. The summed E-state index contributed by atoms with van der Waals surface area (Å²) in [6.07, 6.45) is 3.48. The van der Waals surface area contributed by atoms with Crippen molar-refractivity contribution in [3.8, 4) is 5.75 Å². The monoisotopic (exact) mass is 274 g/mol. The maximum Gasteiger partial charge on any atom is 0.224 e. The average Bonchev–Trinajstić information content (AvgIpc) is 2.98. The topological polar surface area (TPSA) is 79.9 Å². The number of methoxy groups -OCH3 is 1. The number of nitrogens with zero attached hydrogens (tertiary/aromatic N) is 2. The number of amides is 1. The normalized spacial score (nSPS) is 10.2. The van der Waals surface area contributed by atoms with E-state index in [0.29, 0.717) is 13.0 Å². The first-order valence-electron chi connectivity index (χ1n) is 6.52. The molecule has 0 aliphatic carbocycles. The summed E-state index contributed by atoms with van der Waals surface area (Å²) in [5.41, 5.74) is 0.971. The van der Waals surface area contributed by atoms with Gasteiger partial charge in [-0.05, 0) is 24.1 Å². The molecule has 20 heavy (non-hydrogen) atoms. The lowest BCUT2D eigenvalue weighted by atomic mass is 10.1. The van der Waals surface area contributed by atoms with E-state index in [1.165, 1.54) is 6.33 Å². The van der Waals surface area contributed by atoms with Crippen LogP contribution in [0.4, 0.5) is 0 Å². The van der Waals surface area contributed by atoms with E-state index in [1.807, 2.05) is 24.3 Å². The Morgan fingerprint density at radius 3 is 2.80 bits per heavy atom. The summed E-state index contributed by atoms with van der Waals surface area (Å²) in [5, 5.41) is 9.45. The smallest absolute Gasteiger partial charge is 0.224 e. The SMILES string of the molecule is COc1ccc(CC(=O)NCCCc2ncn[nH]2)cc1. The summed E-state index contributed by atoms with van der Waals surface area (Å²) in [5.74, 6) is 1.66. The fraction of sp³-hybridized carbons (Fsp3) is 0.357. The lowest BCUT2D eigenvalue weighted by Crippen LogP contribution is -2.26. The molecule has 0 saturated heterocycles. The van der Waals surface area contributed by atoms with Crippen molar-refractivity contribution in [3.63, 3.8) is 0 Å². The second kappa shape index (κ2) is 7.28. The summed E-state index contributed by atoms with van der Waals surface area (Å²) >= 11 is 0. The van der Waals surface area contributed by atoms with Gasteiger partial charge in [0.1, 0.15) is 17.9 Å². The van der Waals surface area contributed by atoms with Crippen LogP contribution in [0.3, 0.4) is 0 Å². The Morgan fingerprint density at radius 2 is 2.15 bits per heavy atom. The number of carbonyl (C=O) groups excluding carboxylic acids is 1. The van der Waals surface area contributed by atoms with Crippen LogP contribution in [0.25, 0.3) is 0 Å². The van der Waals surface area contributed by atoms with Crippen LogP contribution < -0.4 is 10.1 Å². The molecule has 0 atom stereocenters. The van der Waals surface area contributed by atoms with Crippen molar-refractivity contribution < 1.29 is 9.53 Å². The number of nitrogens with one attached hydrogen (secondary N) is 2. The third kappa shape index (κ3) is 4.38. The minimum absolute atomic E-state index is 0.0211. The molecule has 1 heterocycles. The van der Waals surface area contributed by atoms with Crippen molar-refractivity contribution in [1.82, 2.24) is 20.5 Å². The number of hydrogen-bond donors (Lipinski definition) is 2. The number of carbonyl (C=O) groups is 1. The second-order valence-corrected chi connectivity index (χ2v) is 4.41. The third-order valence-electron chi connectivity index (χ3n) is 2.90. The molecule has 2 N–H and O–H groups in total. The minimum atomic E-state index is 0.0211. The van der Waals surface area contributed by atoms with Gasteiger partial charge in [-0.15, -0.1) is 0 Å². The predicted octanol–water partition coefficient (Wildman–Crippen LogP) is 1.10. The van der Waals surface area contributed by atoms with Gasteiger partial charge in [0.2, 0.25) is 5.91 Å². The molecule has 0 aliphatic rings. The lowest BCUT2D eigenvalue weighted by molar-refractivity contribution is -0.120. The van der Waals surface area contributed by atoms with Gasteiger partial charge in [-0.2, -0.15) is 5.10 Å². The van der Waals surface area contributed by atoms with Gasteiger partial charge in [0, 0.05) is 13.0 Å². The van der Waals surface area contributed by atoms with Gasteiger partial charge >= 0.3 is 0 Å². The molecule has 106 valence electrons. The lowest BCUT2D eigenvalue weighted by Gasteiger charge is -2.05. The molecule has 2 aromatic rings. The summed E-state index contributed by atoms with van der Waals surface area (Å²) < 4.78 is 5.07. The van der Waals surface area contributed by atoms with Crippen LogP contribution in [0, 0.1) is 0 Å². The van der Waals surface area contributed by atoms with Crippen LogP contribution in [0.1, 0.15) is 17.8 Å². The molecule has 0 radical (unpaired) electrons. The molecule has 0 fully saturated rings. The quantitative estimate of drug-likeness (QED) is 0.741. The van der Waals surface area contributed by atoms with E-state index in [9.17, 15) is 4.79 Å². The minimum Gasteiger partial charge on any atom is -0.497 e. The first-order valence-corrected chi connectivity index (χ1v) is 6.52. The van der Waals surface area contributed by atoms with E-state index in [0.717, 1.165) is 30.0 Å². The van der Waals surface area contributed by atoms with Crippen LogP contribution >= 0.6 is 0 Å². The van der Waals surface area contributed by atoms with Crippen molar-refractivity contribution in [2.24, 2.45) is 0 Å². The Labute approximate surface area is 117 Å². The van der Waals surface area contributed by atoms with Crippen molar-refractivity contribution >= 4 is 5.91 Å². The van der Waals surface area contributed by atoms with E-state index in [2.05, 4.69) is 20.5 Å². The van der Waals surface area contributed by atoms with Crippen molar-refractivity contribution in [2.45, 2.75) is 19.3 Å². The van der Waals surface area contributed by atoms with E-state index in [-0.39, 0.29) is 5.91 Å². The van der Waals surface area contributed by atoms with E-state index >= 15 is 0 Å². The zero-order valence-electron chi connectivity index (χ0n) is 11.4. The third-order valence-corrected chi connectivity index (χ3v) is 2.90. The van der Waals surface area contributed by atoms with Gasteiger partial charge in [0.05, 0.1) is 13.5 Å². The fourth-order valence-corrected chi connectivity index (χ4v) is 1.83. The molecule has 0 bridgehead atoms. The molecule has 2 rings (SSSR count). The number of aromatic amines is 1. The molecule has 0 unspecified atom stereocenters. The largest absolute Gasteiger partial charge is 0.497 e. The van der Waals surface area contributed by atoms with Gasteiger partial charge in [-0.1, -0.05) is 12.1 Å².